The van der Waals surface area contributed by atoms with Gasteiger partial charge in [0.1, 0.15) is 28.4 Å². The van der Waals surface area contributed by atoms with Gasteiger partial charge in [0.2, 0.25) is 5.78 Å². The molecule has 6 rings (SSSR count). The van der Waals surface area contributed by atoms with Crippen LogP contribution in [0, 0.1) is 5.92 Å². The van der Waals surface area contributed by atoms with Gasteiger partial charge in [-0.2, -0.15) is 0 Å². The van der Waals surface area contributed by atoms with Gasteiger partial charge in [-0.25, -0.2) is 0 Å². The van der Waals surface area contributed by atoms with E-state index in [1.165, 1.54) is 7.11 Å². The van der Waals surface area contributed by atoms with Gasteiger partial charge in [0.15, 0.2) is 17.0 Å². The topological polar surface area (TPSA) is 102 Å². The predicted molar refractivity (Wildman–Crippen MR) is 157 cm³/mol. The van der Waals surface area contributed by atoms with Gasteiger partial charge in [0.25, 0.3) is 0 Å². The van der Waals surface area contributed by atoms with Crippen LogP contribution in [0.3, 0.4) is 0 Å². The molecule has 1 aromatic rings. The Balaban J connectivity index is 1.92. The molecule has 2 fully saturated rings. The number of carbonyl (C=O) groups is 2. The number of rotatable bonds is 7. The van der Waals surface area contributed by atoms with E-state index in [4.69, 9.17) is 14.2 Å². The number of benzene rings is 1. The fourth-order valence-corrected chi connectivity index (χ4v) is 7.47. The molecule has 2 N–H and O–H groups in total. The molecule has 41 heavy (non-hydrogen) atoms. The van der Waals surface area contributed by atoms with Crippen LogP contribution in [0.25, 0.3) is 0 Å². The number of fused-ring (bicyclic) bond motifs is 1. The van der Waals surface area contributed by atoms with Crippen LogP contribution in [0.4, 0.5) is 0 Å². The molecule has 0 radical (unpaired) electrons. The first kappa shape index (κ1) is 29.3. The molecule has 3 aliphatic carbocycles. The number of methoxy groups -OCH3 is 1. The quantitative estimate of drug-likeness (QED) is 0.381. The van der Waals surface area contributed by atoms with E-state index < -0.39 is 39.5 Å². The number of allylic oxidation sites excluding steroid dienone is 4. The highest BCUT2D eigenvalue weighted by molar-refractivity contribution is 6.19. The van der Waals surface area contributed by atoms with Gasteiger partial charge >= 0.3 is 0 Å². The zero-order valence-corrected chi connectivity index (χ0v) is 25.7. The third-order valence-corrected chi connectivity index (χ3v) is 9.67. The smallest absolute Gasteiger partial charge is 0.205 e. The molecule has 7 nitrogen and oxygen atoms in total. The number of Topliss-reactive ketones (excluding diaryl/α,β-unsaturated/α-hetero) is 2. The van der Waals surface area contributed by atoms with Crippen molar-refractivity contribution in [1.82, 2.24) is 0 Å². The summed E-state index contributed by atoms with van der Waals surface area (Å²) in [5.74, 6) is -1.58. The summed E-state index contributed by atoms with van der Waals surface area (Å²) in [6.07, 6.45) is 7.81. The molecule has 4 atom stereocenters. The monoisotopic (exact) mass is 562 g/mol. The highest BCUT2D eigenvalue weighted by atomic mass is 16.6. The van der Waals surface area contributed by atoms with Crippen molar-refractivity contribution >= 4 is 11.6 Å². The van der Waals surface area contributed by atoms with Gasteiger partial charge in [0, 0.05) is 41.6 Å². The molecule has 2 heterocycles. The molecule has 0 aromatic heterocycles. The summed E-state index contributed by atoms with van der Waals surface area (Å²) in [7, 11) is 1.48. The Morgan fingerprint density at radius 1 is 1.12 bits per heavy atom. The molecule has 0 amide bonds. The van der Waals surface area contributed by atoms with Crippen LogP contribution < -0.4 is 4.74 Å². The normalized spacial score (nSPS) is 30.7. The highest BCUT2D eigenvalue weighted by Crippen LogP contribution is 2.70. The standard InChI is InChI=1S/C34H42O7/c1-11-30(6,7)24-25(35)20(13-12-18(2)3)28-23(27(24)37)26(36)21-16-32(39-10)17-22-31(8,9)41-33(29(32)38,15-14-19(4)5)34(21,22)40-28/h11-12,14,16,22,35,37H,1,13,15,17H2,2-10H3/t22-,32-,33-,34+/m1/s1. The second-order valence-electron chi connectivity index (χ2n) is 13.6. The van der Waals surface area contributed by atoms with Crippen LogP contribution in [-0.2, 0) is 26.1 Å². The Labute approximate surface area is 242 Å². The van der Waals surface area contributed by atoms with Crippen LogP contribution in [0.2, 0.25) is 0 Å². The number of phenolic OH excluding ortho intramolecular Hbond substituents is 2. The minimum atomic E-state index is -1.55. The largest absolute Gasteiger partial charge is 0.507 e. The Morgan fingerprint density at radius 2 is 1.76 bits per heavy atom. The highest BCUT2D eigenvalue weighted by Gasteiger charge is 2.84. The van der Waals surface area contributed by atoms with Crippen molar-refractivity contribution in [1.29, 1.82) is 0 Å². The lowest BCUT2D eigenvalue weighted by atomic mass is 9.49. The second kappa shape index (κ2) is 8.92. The summed E-state index contributed by atoms with van der Waals surface area (Å²) < 4.78 is 19.7. The molecule has 5 aliphatic rings. The van der Waals surface area contributed by atoms with E-state index in [1.807, 2.05) is 67.5 Å². The molecule has 1 saturated carbocycles. The third-order valence-electron chi connectivity index (χ3n) is 9.67. The predicted octanol–water partition coefficient (Wildman–Crippen LogP) is 6.20. The molecule has 0 unspecified atom stereocenters. The molecule has 2 aliphatic heterocycles. The van der Waals surface area contributed by atoms with Gasteiger partial charge in [-0.3, -0.25) is 9.59 Å². The van der Waals surface area contributed by atoms with E-state index >= 15 is 0 Å². The lowest BCUT2D eigenvalue weighted by molar-refractivity contribution is -0.189. The van der Waals surface area contributed by atoms with Gasteiger partial charge in [-0.1, -0.05) is 43.2 Å². The van der Waals surface area contributed by atoms with Gasteiger partial charge < -0.3 is 24.4 Å². The number of aromatic hydroxyl groups is 2. The molecule has 1 saturated heterocycles. The van der Waals surface area contributed by atoms with E-state index in [0.717, 1.165) is 11.1 Å². The fraction of sp³-hybridized carbons (Fsp3) is 0.529. The average Bonchev–Trinajstić information content (AvgIpc) is 3.04. The average molecular weight is 563 g/mol. The first-order valence-corrected chi connectivity index (χ1v) is 14.2. The van der Waals surface area contributed by atoms with E-state index in [9.17, 15) is 19.8 Å². The number of carbonyl (C=O) groups excluding carboxylic acids is 2. The van der Waals surface area contributed by atoms with Gasteiger partial charge in [-0.05, 0) is 60.5 Å². The van der Waals surface area contributed by atoms with Crippen molar-refractivity contribution in [2.24, 2.45) is 5.92 Å². The molecule has 1 aromatic carbocycles. The van der Waals surface area contributed by atoms with Crippen LogP contribution >= 0.6 is 0 Å². The first-order chi connectivity index (χ1) is 19.0. The van der Waals surface area contributed by atoms with Gasteiger partial charge in [0.05, 0.1) is 5.60 Å². The summed E-state index contributed by atoms with van der Waals surface area (Å²) >= 11 is 0. The Bertz CT molecular complexity index is 1480. The van der Waals surface area contributed by atoms with E-state index in [-0.39, 0.29) is 59.0 Å². The van der Waals surface area contributed by atoms with E-state index in [2.05, 4.69) is 6.58 Å². The lowest BCUT2D eigenvalue weighted by Gasteiger charge is -2.59. The Morgan fingerprint density at radius 3 is 2.32 bits per heavy atom. The summed E-state index contributed by atoms with van der Waals surface area (Å²) in [5.41, 5.74) is -3.30. The number of ether oxygens (including phenoxy) is 3. The summed E-state index contributed by atoms with van der Waals surface area (Å²) in [6, 6.07) is 0. The maximum Gasteiger partial charge on any atom is 0.205 e. The molecule has 7 heteroatoms. The van der Waals surface area contributed by atoms with Crippen molar-refractivity contribution in [3.05, 3.63) is 64.3 Å². The summed E-state index contributed by atoms with van der Waals surface area (Å²) in [5, 5.41) is 23.4. The van der Waals surface area contributed by atoms with Crippen molar-refractivity contribution in [3.8, 4) is 17.2 Å². The zero-order chi connectivity index (χ0) is 30.5. The molecule has 1 spiro atoms. The summed E-state index contributed by atoms with van der Waals surface area (Å²) in [4.78, 5) is 29.2. The lowest BCUT2D eigenvalue weighted by Crippen LogP contribution is -2.77. The molecule has 220 valence electrons. The van der Waals surface area contributed by atoms with Gasteiger partial charge in [-0.15, -0.1) is 6.58 Å². The van der Waals surface area contributed by atoms with Crippen LogP contribution in [0.1, 0.15) is 89.7 Å². The number of hydrogen-bond donors (Lipinski definition) is 2. The number of phenols is 2. The van der Waals surface area contributed by atoms with Crippen LogP contribution in [0.5, 0.6) is 17.2 Å². The van der Waals surface area contributed by atoms with Crippen molar-refractivity contribution in [2.75, 3.05) is 7.11 Å². The van der Waals surface area contributed by atoms with Crippen LogP contribution in [0.15, 0.2) is 47.6 Å². The minimum absolute atomic E-state index is 0.0254. The number of hydrogen-bond acceptors (Lipinski definition) is 7. The van der Waals surface area contributed by atoms with Crippen molar-refractivity contribution in [2.45, 2.75) is 102 Å². The SMILES string of the molecule is C=CC(C)(C)c1c(O)c(CC=C(C)C)c2c(c1O)C(=O)C1=C[C@@]3(OC)C[C@@H]4C(C)(C)O[C@](CC=C(C)C)(C3=O)[C@]14O2. The molecule has 4 bridgehead atoms. The fourth-order valence-electron chi connectivity index (χ4n) is 7.47. The Hall–Kier alpha value is -3.16. The Kier molecular flexibility index (Phi) is 6.38. The maximum atomic E-state index is 14.7. The molecular weight excluding hydrogens is 520 g/mol. The first-order valence-electron chi connectivity index (χ1n) is 14.2. The minimum Gasteiger partial charge on any atom is -0.507 e. The van der Waals surface area contributed by atoms with E-state index in [1.54, 1.807) is 12.2 Å². The molecular formula is C34H42O7. The summed E-state index contributed by atoms with van der Waals surface area (Å²) in [6.45, 7) is 19.1. The van der Waals surface area contributed by atoms with Crippen LogP contribution in [-0.4, -0.2) is 51.3 Å². The van der Waals surface area contributed by atoms with Crippen molar-refractivity contribution < 1.29 is 34.0 Å². The maximum absolute atomic E-state index is 14.7. The van der Waals surface area contributed by atoms with E-state index in [0.29, 0.717) is 5.56 Å². The number of ketones is 2. The third kappa shape index (κ3) is 3.58. The van der Waals surface area contributed by atoms with Crippen molar-refractivity contribution in [3.63, 3.8) is 0 Å². The second-order valence-corrected chi connectivity index (χ2v) is 13.6. The zero-order valence-electron chi connectivity index (χ0n) is 25.7.